The van der Waals surface area contributed by atoms with Gasteiger partial charge in [-0.05, 0) is 47.1 Å². The van der Waals surface area contributed by atoms with E-state index in [1.165, 1.54) is 27.0 Å². The quantitative estimate of drug-likeness (QED) is 0.432. The third kappa shape index (κ3) is 3.38. The molecule has 2 aliphatic rings. The van der Waals surface area contributed by atoms with Crippen molar-refractivity contribution < 1.29 is 4.74 Å². The second-order valence-electron chi connectivity index (χ2n) is 8.00. The Morgan fingerprint density at radius 1 is 0.677 bits per heavy atom. The molecule has 150 valence electrons. The number of fused-ring (bicyclic) bond motifs is 3. The lowest BCUT2D eigenvalue weighted by Crippen LogP contribution is -2.21. The highest BCUT2D eigenvalue weighted by molar-refractivity contribution is 7.79. The summed E-state index contributed by atoms with van der Waals surface area (Å²) in [7, 11) is -0.641. The summed E-state index contributed by atoms with van der Waals surface area (Å²) in [6.45, 7) is 0. The van der Waals surface area contributed by atoms with E-state index in [0.717, 1.165) is 17.9 Å². The molecule has 0 bridgehead atoms. The molecule has 3 heteroatoms. The van der Waals surface area contributed by atoms with Crippen molar-refractivity contribution >= 4 is 29.7 Å². The predicted octanol–water partition coefficient (Wildman–Crippen LogP) is 4.89. The molecule has 0 fully saturated rings. The third-order valence-electron chi connectivity index (χ3n) is 6.05. The van der Waals surface area contributed by atoms with Crippen LogP contribution in [0.25, 0.3) is 0 Å². The highest BCUT2D eigenvalue weighted by atomic mass is 31.1. The fraction of sp³-hybridized carbons (Fsp3) is 0.107. The first-order valence-electron chi connectivity index (χ1n) is 10.7. The van der Waals surface area contributed by atoms with Gasteiger partial charge < -0.3 is 4.74 Å². The Balaban J connectivity index is 1.39. The summed E-state index contributed by atoms with van der Waals surface area (Å²) in [6.07, 6.45) is 1.06. The van der Waals surface area contributed by atoms with E-state index in [4.69, 9.17) is 9.73 Å². The first-order valence-corrected chi connectivity index (χ1v) is 12.0. The van der Waals surface area contributed by atoms with E-state index in [1.807, 2.05) is 0 Å². The largest absolute Gasteiger partial charge is 0.471 e. The topological polar surface area (TPSA) is 21.6 Å². The number of nitrogens with zero attached hydrogens (tertiary/aromatic N) is 1. The van der Waals surface area contributed by atoms with Gasteiger partial charge in [0.1, 0.15) is 12.1 Å². The maximum Gasteiger partial charge on any atom is 0.217 e. The molecule has 2 nitrogen and oxygen atoms in total. The second-order valence-corrected chi connectivity index (χ2v) is 10.2. The van der Waals surface area contributed by atoms with E-state index in [-0.39, 0.29) is 12.1 Å². The summed E-state index contributed by atoms with van der Waals surface area (Å²) in [4.78, 5) is 5.01. The van der Waals surface area contributed by atoms with E-state index >= 15 is 0 Å². The molecule has 0 saturated heterocycles. The van der Waals surface area contributed by atoms with Gasteiger partial charge in [-0.25, -0.2) is 4.99 Å². The Bertz CT molecular complexity index is 1210. The molecule has 0 N–H and O–H groups in total. The van der Waals surface area contributed by atoms with Gasteiger partial charge in [0.2, 0.25) is 5.90 Å². The molecule has 4 aromatic rings. The highest BCUT2D eigenvalue weighted by Gasteiger charge is 2.39. The van der Waals surface area contributed by atoms with Crippen molar-refractivity contribution in [3.05, 3.63) is 126 Å². The van der Waals surface area contributed by atoms with Crippen molar-refractivity contribution in [3.8, 4) is 0 Å². The molecular weight excluding hydrogens is 397 g/mol. The minimum absolute atomic E-state index is 0.125. The van der Waals surface area contributed by atoms with Gasteiger partial charge >= 0.3 is 0 Å². The number of aliphatic imine (C=N–C) groups is 1. The molecule has 6 rings (SSSR count). The average molecular weight is 419 g/mol. The van der Waals surface area contributed by atoms with Crippen molar-refractivity contribution in [2.75, 3.05) is 0 Å². The second kappa shape index (κ2) is 7.80. The Morgan fingerprint density at radius 2 is 1.32 bits per heavy atom. The minimum Gasteiger partial charge on any atom is -0.471 e. The van der Waals surface area contributed by atoms with Crippen LogP contribution in [0, 0.1) is 0 Å². The number of benzene rings is 4. The molecule has 0 saturated carbocycles. The minimum atomic E-state index is -0.641. The van der Waals surface area contributed by atoms with Crippen molar-refractivity contribution in [2.45, 2.75) is 18.6 Å². The van der Waals surface area contributed by atoms with E-state index < -0.39 is 7.92 Å². The normalized spacial score (nSPS) is 18.9. The van der Waals surface area contributed by atoms with E-state index in [9.17, 15) is 0 Å². The summed E-state index contributed by atoms with van der Waals surface area (Å²) in [5.74, 6) is 0.780. The molecule has 2 atom stereocenters. The van der Waals surface area contributed by atoms with Gasteiger partial charge in [0.25, 0.3) is 0 Å². The Morgan fingerprint density at radius 3 is 2.06 bits per heavy atom. The van der Waals surface area contributed by atoms with Crippen LogP contribution in [0.1, 0.15) is 22.7 Å². The third-order valence-corrected chi connectivity index (χ3v) is 8.47. The fourth-order valence-electron chi connectivity index (χ4n) is 4.62. The Kier molecular flexibility index (Phi) is 4.66. The van der Waals surface area contributed by atoms with Crippen LogP contribution in [0.4, 0.5) is 0 Å². The van der Waals surface area contributed by atoms with Gasteiger partial charge in [0.15, 0.2) is 0 Å². The fourth-order valence-corrected chi connectivity index (χ4v) is 6.96. The first-order chi connectivity index (χ1) is 15.4. The maximum atomic E-state index is 6.36. The van der Waals surface area contributed by atoms with Gasteiger partial charge in [-0.2, -0.15) is 0 Å². The molecule has 4 aromatic carbocycles. The van der Waals surface area contributed by atoms with Crippen LogP contribution in [0.3, 0.4) is 0 Å². The van der Waals surface area contributed by atoms with Crippen molar-refractivity contribution in [1.29, 1.82) is 0 Å². The molecule has 1 heterocycles. The lowest BCUT2D eigenvalue weighted by Gasteiger charge is -2.20. The van der Waals surface area contributed by atoms with Crippen molar-refractivity contribution in [1.82, 2.24) is 0 Å². The molecule has 1 aliphatic carbocycles. The molecule has 1 aliphatic heterocycles. The molecular formula is C28H22NOP. The lowest BCUT2D eigenvalue weighted by atomic mass is 10.1. The summed E-state index contributed by atoms with van der Waals surface area (Å²) in [6, 6.07) is 39.1. The summed E-state index contributed by atoms with van der Waals surface area (Å²) < 4.78 is 6.36. The SMILES string of the molecule is c1ccc(P(c2ccccc2)c2cccc(C3=N[C@H]4c5ccccc5C[C@H]4O3)c2)cc1. The van der Waals surface area contributed by atoms with Crippen LogP contribution in [0.2, 0.25) is 0 Å². The monoisotopic (exact) mass is 419 g/mol. The van der Waals surface area contributed by atoms with Gasteiger partial charge in [-0.15, -0.1) is 0 Å². The van der Waals surface area contributed by atoms with Crippen LogP contribution in [0.5, 0.6) is 0 Å². The van der Waals surface area contributed by atoms with Crippen molar-refractivity contribution in [2.24, 2.45) is 4.99 Å². The highest BCUT2D eigenvalue weighted by Crippen LogP contribution is 2.41. The lowest BCUT2D eigenvalue weighted by molar-refractivity contribution is 0.206. The average Bonchev–Trinajstić information content (AvgIpc) is 3.39. The Labute approximate surface area is 184 Å². The predicted molar refractivity (Wildman–Crippen MR) is 129 cm³/mol. The molecule has 0 aromatic heterocycles. The number of hydrogen-bond acceptors (Lipinski definition) is 2. The van der Waals surface area contributed by atoms with Crippen LogP contribution in [0.15, 0.2) is 114 Å². The van der Waals surface area contributed by atoms with Crippen LogP contribution in [-0.4, -0.2) is 12.0 Å². The number of ether oxygens (including phenoxy) is 1. The zero-order valence-corrected chi connectivity index (χ0v) is 18.0. The number of hydrogen-bond donors (Lipinski definition) is 0. The Hall–Kier alpha value is -3.22. The van der Waals surface area contributed by atoms with Gasteiger partial charge in [-0.3, -0.25) is 0 Å². The molecule has 0 radical (unpaired) electrons. The van der Waals surface area contributed by atoms with Crippen LogP contribution in [-0.2, 0) is 11.2 Å². The van der Waals surface area contributed by atoms with E-state index in [2.05, 4.69) is 109 Å². The van der Waals surface area contributed by atoms with Crippen LogP contribution < -0.4 is 15.9 Å². The zero-order chi connectivity index (χ0) is 20.6. The van der Waals surface area contributed by atoms with E-state index in [0.29, 0.717) is 0 Å². The number of rotatable bonds is 4. The molecule has 0 spiro atoms. The molecule has 0 amide bonds. The zero-order valence-electron chi connectivity index (χ0n) is 17.1. The first kappa shape index (κ1) is 18.5. The van der Waals surface area contributed by atoms with Crippen molar-refractivity contribution in [3.63, 3.8) is 0 Å². The molecule has 0 unspecified atom stereocenters. The van der Waals surface area contributed by atoms with E-state index in [1.54, 1.807) is 0 Å². The molecule has 31 heavy (non-hydrogen) atoms. The van der Waals surface area contributed by atoms with Gasteiger partial charge in [0.05, 0.1) is 0 Å². The van der Waals surface area contributed by atoms with Gasteiger partial charge in [0, 0.05) is 12.0 Å². The summed E-state index contributed by atoms with van der Waals surface area (Å²) >= 11 is 0. The standard InChI is InChI=1S/C28H22NOP/c1-3-12-22(13-4-1)31(23-14-5-2-6-15-23)24-16-9-11-21(18-24)28-29-27-25-17-8-7-10-20(25)19-26(27)30-28/h1-18,26-27H,19H2/t26-,27+/m1/s1. The van der Waals surface area contributed by atoms with Crippen LogP contribution >= 0.6 is 7.92 Å². The smallest absolute Gasteiger partial charge is 0.217 e. The maximum absolute atomic E-state index is 6.36. The summed E-state index contributed by atoms with van der Waals surface area (Å²) in [5, 5.41) is 4.01. The summed E-state index contributed by atoms with van der Waals surface area (Å²) in [5.41, 5.74) is 3.75. The van der Waals surface area contributed by atoms with Gasteiger partial charge in [-0.1, -0.05) is 97.1 Å².